The molecule has 0 atom stereocenters. The number of aromatic nitrogens is 2. The second-order valence-corrected chi connectivity index (χ2v) is 10.6. The second-order valence-electron chi connectivity index (χ2n) is 9.80. The van der Waals surface area contributed by atoms with Crippen LogP contribution in [-0.2, 0) is 27.2 Å². The fourth-order valence-electron chi connectivity index (χ4n) is 4.32. The highest BCUT2D eigenvalue weighted by Gasteiger charge is 2.25. The van der Waals surface area contributed by atoms with E-state index < -0.39 is 5.60 Å². The van der Waals surface area contributed by atoms with E-state index in [0.29, 0.717) is 31.3 Å². The Labute approximate surface area is 205 Å². The van der Waals surface area contributed by atoms with Crippen LogP contribution in [0, 0.1) is 23.2 Å². The van der Waals surface area contributed by atoms with Crippen LogP contribution in [0.15, 0.2) is 34.8 Å². The summed E-state index contributed by atoms with van der Waals surface area (Å²) in [6.07, 6.45) is 5.54. The first-order valence-corrected chi connectivity index (χ1v) is 12.5. The van der Waals surface area contributed by atoms with Gasteiger partial charge in [0.25, 0.3) is 0 Å². The van der Waals surface area contributed by atoms with Crippen molar-refractivity contribution in [3.63, 3.8) is 0 Å². The summed E-state index contributed by atoms with van der Waals surface area (Å²) < 4.78 is 14.0. The first-order valence-electron chi connectivity index (χ1n) is 11.7. The lowest BCUT2D eigenvalue weighted by molar-refractivity contribution is -0.160. The van der Waals surface area contributed by atoms with Gasteiger partial charge in [-0.2, -0.15) is 10.4 Å². The molecule has 7 heteroatoms. The number of rotatable bonds is 9. The first kappa shape index (κ1) is 25.5. The molecule has 0 radical (unpaired) electrons. The standard InChI is InChI=1S/C26H34BrN3O3/c1-26(2,3)33-23(31)18-32-17-20-13-11-19(12-14-20)16-30-22(10-7-15-28)24(27)25(29-30)21-8-5-4-6-9-21/h4-6,8-9,19-20H,7,10-14,16-18H2,1-3H3/t19-,20-. The van der Waals surface area contributed by atoms with Crippen molar-refractivity contribution >= 4 is 21.9 Å². The minimum Gasteiger partial charge on any atom is -0.458 e. The normalized spacial score (nSPS) is 18.6. The van der Waals surface area contributed by atoms with Crippen molar-refractivity contribution in [2.24, 2.45) is 11.8 Å². The minimum atomic E-state index is -0.480. The van der Waals surface area contributed by atoms with Crippen molar-refractivity contribution in [2.45, 2.75) is 71.4 Å². The molecule has 0 bridgehead atoms. The zero-order valence-corrected chi connectivity index (χ0v) is 21.4. The van der Waals surface area contributed by atoms with Crippen LogP contribution in [0.3, 0.4) is 0 Å². The Morgan fingerprint density at radius 2 is 1.85 bits per heavy atom. The zero-order chi connectivity index (χ0) is 23.8. The lowest BCUT2D eigenvalue weighted by atomic mass is 9.82. The number of hydrogen-bond acceptors (Lipinski definition) is 5. The number of carbonyl (C=O) groups excluding carboxylic acids is 1. The van der Waals surface area contributed by atoms with E-state index in [1.54, 1.807) is 0 Å². The summed E-state index contributed by atoms with van der Waals surface area (Å²) in [5.41, 5.74) is 2.63. The molecule has 0 saturated heterocycles. The van der Waals surface area contributed by atoms with Crippen LogP contribution in [0.5, 0.6) is 0 Å². The minimum absolute atomic E-state index is 0.0169. The lowest BCUT2D eigenvalue weighted by Crippen LogP contribution is -2.28. The van der Waals surface area contributed by atoms with Gasteiger partial charge in [-0.3, -0.25) is 4.68 Å². The molecule has 0 unspecified atom stereocenters. The number of benzene rings is 1. The molecular formula is C26H34BrN3O3. The zero-order valence-electron chi connectivity index (χ0n) is 19.8. The van der Waals surface area contributed by atoms with Crippen molar-refractivity contribution in [1.82, 2.24) is 9.78 Å². The Bertz CT molecular complexity index is 952. The quantitative estimate of drug-likeness (QED) is 0.386. The predicted molar refractivity (Wildman–Crippen MR) is 131 cm³/mol. The Morgan fingerprint density at radius 3 is 2.48 bits per heavy atom. The number of carbonyl (C=O) groups is 1. The largest absolute Gasteiger partial charge is 0.458 e. The predicted octanol–water partition coefficient (Wildman–Crippen LogP) is 5.93. The first-order chi connectivity index (χ1) is 15.8. The van der Waals surface area contributed by atoms with Gasteiger partial charge >= 0.3 is 5.97 Å². The highest BCUT2D eigenvalue weighted by Crippen LogP contribution is 2.34. The topological polar surface area (TPSA) is 77.1 Å². The summed E-state index contributed by atoms with van der Waals surface area (Å²) in [5, 5.41) is 14.0. The molecule has 0 spiro atoms. The number of nitrogens with zero attached hydrogens (tertiary/aromatic N) is 3. The summed E-state index contributed by atoms with van der Waals surface area (Å²) in [6, 6.07) is 12.4. The number of hydrogen-bond donors (Lipinski definition) is 0. The summed E-state index contributed by atoms with van der Waals surface area (Å²) in [4.78, 5) is 11.8. The van der Waals surface area contributed by atoms with Gasteiger partial charge < -0.3 is 9.47 Å². The summed E-state index contributed by atoms with van der Waals surface area (Å²) >= 11 is 3.75. The molecule has 1 aliphatic rings. The van der Waals surface area contributed by atoms with Crippen LogP contribution in [-0.4, -0.2) is 34.6 Å². The molecule has 6 nitrogen and oxygen atoms in total. The highest BCUT2D eigenvalue weighted by atomic mass is 79.9. The molecular weight excluding hydrogens is 482 g/mol. The molecule has 1 saturated carbocycles. The Balaban J connectivity index is 1.54. The van der Waals surface area contributed by atoms with Gasteiger partial charge in [0.1, 0.15) is 17.9 Å². The van der Waals surface area contributed by atoms with Gasteiger partial charge in [0.15, 0.2) is 0 Å². The summed E-state index contributed by atoms with van der Waals surface area (Å²) in [5.74, 6) is 0.717. The van der Waals surface area contributed by atoms with Gasteiger partial charge in [0.2, 0.25) is 0 Å². The van der Waals surface area contributed by atoms with Gasteiger partial charge in [-0.25, -0.2) is 4.79 Å². The smallest absolute Gasteiger partial charge is 0.332 e. The fourth-order valence-corrected chi connectivity index (χ4v) is 5.04. The molecule has 1 aromatic carbocycles. The summed E-state index contributed by atoms with van der Waals surface area (Å²) in [7, 11) is 0. The lowest BCUT2D eigenvalue weighted by Gasteiger charge is -2.28. The number of ether oxygens (including phenoxy) is 2. The molecule has 178 valence electrons. The van der Waals surface area contributed by atoms with Gasteiger partial charge in [0, 0.05) is 24.9 Å². The van der Waals surface area contributed by atoms with Gasteiger partial charge in [0.05, 0.1) is 22.8 Å². The van der Waals surface area contributed by atoms with Crippen molar-refractivity contribution in [3.8, 4) is 17.3 Å². The molecule has 1 aliphatic carbocycles. The maximum Gasteiger partial charge on any atom is 0.332 e. The van der Waals surface area contributed by atoms with Crippen molar-refractivity contribution in [1.29, 1.82) is 5.26 Å². The maximum atomic E-state index is 11.8. The van der Waals surface area contributed by atoms with Gasteiger partial charge in [-0.15, -0.1) is 0 Å². The fraction of sp³-hybridized carbons (Fsp3) is 0.577. The van der Waals surface area contributed by atoms with E-state index in [2.05, 4.69) is 38.8 Å². The average Bonchev–Trinajstić information content (AvgIpc) is 3.08. The third-order valence-corrected chi connectivity index (χ3v) is 6.74. The van der Waals surface area contributed by atoms with Gasteiger partial charge in [-0.1, -0.05) is 30.3 Å². The number of nitriles is 1. The van der Waals surface area contributed by atoms with Crippen LogP contribution < -0.4 is 0 Å². The summed E-state index contributed by atoms with van der Waals surface area (Å²) in [6.45, 7) is 7.06. The molecule has 1 heterocycles. The molecule has 3 rings (SSSR count). The van der Waals surface area contributed by atoms with Crippen LogP contribution in [0.4, 0.5) is 0 Å². The number of halogens is 1. The average molecular weight is 516 g/mol. The van der Waals surface area contributed by atoms with Crippen molar-refractivity contribution in [3.05, 3.63) is 40.5 Å². The molecule has 1 aromatic heterocycles. The van der Waals surface area contributed by atoms with E-state index >= 15 is 0 Å². The van der Waals surface area contributed by atoms with E-state index in [4.69, 9.17) is 19.8 Å². The number of esters is 1. The maximum absolute atomic E-state index is 11.8. The molecule has 1 fully saturated rings. The van der Waals surface area contributed by atoms with E-state index in [0.717, 1.165) is 53.7 Å². The van der Waals surface area contributed by atoms with E-state index in [1.165, 1.54) is 0 Å². The van der Waals surface area contributed by atoms with E-state index in [9.17, 15) is 4.79 Å². The van der Waals surface area contributed by atoms with Crippen LogP contribution in [0.25, 0.3) is 11.3 Å². The van der Waals surface area contributed by atoms with E-state index in [-0.39, 0.29) is 12.6 Å². The van der Waals surface area contributed by atoms with Crippen LogP contribution in [0.2, 0.25) is 0 Å². The molecule has 0 amide bonds. The third kappa shape index (κ3) is 7.68. The Kier molecular flexibility index (Phi) is 9.10. The second kappa shape index (κ2) is 11.8. The molecule has 0 N–H and O–H groups in total. The van der Waals surface area contributed by atoms with Crippen LogP contribution >= 0.6 is 15.9 Å². The van der Waals surface area contributed by atoms with Crippen molar-refractivity contribution in [2.75, 3.05) is 13.2 Å². The molecule has 33 heavy (non-hydrogen) atoms. The molecule has 2 aromatic rings. The highest BCUT2D eigenvalue weighted by molar-refractivity contribution is 9.10. The van der Waals surface area contributed by atoms with Crippen molar-refractivity contribution < 1.29 is 14.3 Å². The van der Waals surface area contributed by atoms with Gasteiger partial charge in [-0.05, 0) is 74.2 Å². The Morgan fingerprint density at radius 1 is 1.18 bits per heavy atom. The van der Waals surface area contributed by atoms with Crippen LogP contribution in [0.1, 0.15) is 58.6 Å². The van der Waals surface area contributed by atoms with E-state index in [1.807, 2.05) is 39.0 Å². The molecule has 0 aliphatic heterocycles. The SMILES string of the molecule is CC(C)(C)OC(=O)COC[C@H]1CC[C@H](Cn2nc(-c3ccccc3)c(Br)c2CCC#N)CC1. The Hall–Kier alpha value is -2.17. The monoisotopic (exact) mass is 515 g/mol. The third-order valence-electron chi connectivity index (χ3n) is 5.91.